The van der Waals surface area contributed by atoms with Crippen LogP contribution in [0.2, 0.25) is 0 Å². The van der Waals surface area contributed by atoms with E-state index in [-0.39, 0.29) is 5.75 Å². The molecule has 0 spiro atoms. The lowest BCUT2D eigenvalue weighted by Crippen LogP contribution is -2.20. The second kappa shape index (κ2) is 9.48. The molecule has 0 aliphatic heterocycles. The molecule has 0 amide bonds. The number of rotatable bonds is 10. The molecule has 0 rings (SSSR count). The average molecular weight is 253 g/mol. The summed E-state index contributed by atoms with van der Waals surface area (Å²) in [7, 11) is -2.76. The number of hydrogen-bond acceptors (Lipinski definition) is 4. The lowest BCUT2D eigenvalue weighted by atomic mass is 10.3. The summed E-state index contributed by atoms with van der Waals surface area (Å²) in [6.07, 6.45) is 5.27. The van der Waals surface area contributed by atoms with Gasteiger partial charge in [0, 0.05) is 5.75 Å². The molecule has 1 N–H and O–H groups in total. The molecule has 0 aromatic carbocycles. The molecule has 0 aromatic heterocycles. The Balaban J connectivity index is 3.19. The number of nitrogens with one attached hydrogen (secondary N) is 1. The Morgan fingerprint density at radius 2 is 1.80 bits per heavy atom. The van der Waals surface area contributed by atoms with Gasteiger partial charge in [-0.2, -0.15) is 11.8 Å². The van der Waals surface area contributed by atoms with Crippen molar-refractivity contribution < 1.29 is 8.42 Å². The van der Waals surface area contributed by atoms with Gasteiger partial charge in [-0.1, -0.05) is 6.92 Å². The van der Waals surface area contributed by atoms with Crippen molar-refractivity contribution in [3.05, 3.63) is 0 Å². The average Bonchev–Trinajstić information content (AvgIpc) is 2.22. The Kier molecular flexibility index (Phi) is 9.65. The van der Waals surface area contributed by atoms with Gasteiger partial charge in [0.1, 0.15) is 9.84 Å². The fourth-order valence-electron chi connectivity index (χ4n) is 1.18. The van der Waals surface area contributed by atoms with Crippen molar-refractivity contribution in [2.75, 3.05) is 36.6 Å². The van der Waals surface area contributed by atoms with E-state index in [9.17, 15) is 8.42 Å². The highest BCUT2D eigenvalue weighted by Gasteiger charge is 2.05. The summed E-state index contributed by atoms with van der Waals surface area (Å²) in [6, 6.07) is 0. The van der Waals surface area contributed by atoms with E-state index in [1.54, 1.807) is 6.92 Å². The molecule has 0 radical (unpaired) electrons. The molecule has 92 valence electrons. The van der Waals surface area contributed by atoms with Crippen LogP contribution >= 0.6 is 11.8 Å². The third-order valence-corrected chi connectivity index (χ3v) is 4.69. The van der Waals surface area contributed by atoms with Gasteiger partial charge in [-0.15, -0.1) is 0 Å². The van der Waals surface area contributed by atoms with Gasteiger partial charge in [-0.25, -0.2) is 8.42 Å². The fourth-order valence-corrected chi connectivity index (χ4v) is 2.55. The van der Waals surface area contributed by atoms with Crippen LogP contribution in [0.15, 0.2) is 0 Å². The standard InChI is InChI=1S/C10H23NO2S2/c1-3-15(12,13)10-6-8-11-7-4-5-9-14-2/h11H,3-10H2,1-2H3. The fraction of sp³-hybridized carbons (Fsp3) is 1.00. The Bertz CT molecular complexity index is 228. The molecule has 0 aromatic rings. The lowest BCUT2D eigenvalue weighted by Gasteiger charge is -2.04. The second-order valence-electron chi connectivity index (χ2n) is 3.54. The Morgan fingerprint density at radius 1 is 1.13 bits per heavy atom. The van der Waals surface area contributed by atoms with Crippen LogP contribution in [0.25, 0.3) is 0 Å². The smallest absolute Gasteiger partial charge is 0.150 e. The molecule has 0 saturated carbocycles. The van der Waals surface area contributed by atoms with E-state index < -0.39 is 9.84 Å². The first-order chi connectivity index (χ1) is 7.12. The quantitative estimate of drug-likeness (QED) is 0.600. The molecular weight excluding hydrogens is 230 g/mol. The summed E-state index contributed by atoms with van der Waals surface area (Å²) in [5, 5.41) is 3.27. The van der Waals surface area contributed by atoms with E-state index in [1.807, 2.05) is 11.8 Å². The minimum absolute atomic E-state index is 0.265. The molecule has 15 heavy (non-hydrogen) atoms. The van der Waals surface area contributed by atoms with E-state index in [4.69, 9.17) is 0 Å². The normalized spacial score (nSPS) is 11.9. The Labute approximate surface area is 98.3 Å². The molecule has 0 heterocycles. The molecule has 0 unspecified atom stereocenters. The van der Waals surface area contributed by atoms with E-state index in [1.165, 1.54) is 18.6 Å². The minimum Gasteiger partial charge on any atom is -0.317 e. The van der Waals surface area contributed by atoms with Crippen LogP contribution in [0.4, 0.5) is 0 Å². The molecule has 3 nitrogen and oxygen atoms in total. The molecule has 0 aliphatic rings. The summed E-state index contributed by atoms with van der Waals surface area (Å²) in [5.74, 6) is 1.80. The highest BCUT2D eigenvalue weighted by atomic mass is 32.2. The van der Waals surface area contributed by atoms with E-state index >= 15 is 0 Å². The maximum Gasteiger partial charge on any atom is 0.150 e. The van der Waals surface area contributed by atoms with E-state index in [2.05, 4.69) is 11.6 Å². The van der Waals surface area contributed by atoms with Gasteiger partial charge >= 0.3 is 0 Å². The van der Waals surface area contributed by atoms with Crippen molar-refractivity contribution >= 4 is 21.6 Å². The van der Waals surface area contributed by atoms with Crippen LogP contribution in [0.3, 0.4) is 0 Å². The maximum atomic E-state index is 11.1. The number of unbranched alkanes of at least 4 members (excludes halogenated alkanes) is 1. The van der Waals surface area contributed by atoms with E-state index in [0.29, 0.717) is 5.75 Å². The molecular formula is C10H23NO2S2. The number of thioether (sulfide) groups is 1. The summed E-state index contributed by atoms with van der Waals surface area (Å²) in [4.78, 5) is 0. The lowest BCUT2D eigenvalue weighted by molar-refractivity contribution is 0.587. The third kappa shape index (κ3) is 10.5. The second-order valence-corrected chi connectivity index (χ2v) is 7.00. The van der Waals surface area contributed by atoms with E-state index in [0.717, 1.165) is 19.5 Å². The largest absolute Gasteiger partial charge is 0.317 e. The van der Waals surface area contributed by atoms with Gasteiger partial charge in [-0.3, -0.25) is 0 Å². The minimum atomic E-state index is -2.76. The van der Waals surface area contributed by atoms with Gasteiger partial charge in [0.15, 0.2) is 0 Å². The molecule has 0 bridgehead atoms. The van der Waals surface area contributed by atoms with Crippen LogP contribution in [-0.2, 0) is 9.84 Å². The highest BCUT2D eigenvalue weighted by Crippen LogP contribution is 1.98. The molecule has 0 atom stereocenters. The van der Waals surface area contributed by atoms with Crippen molar-refractivity contribution in [1.29, 1.82) is 0 Å². The summed E-state index contributed by atoms with van der Waals surface area (Å²) in [5.41, 5.74) is 0. The van der Waals surface area contributed by atoms with Crippen molar-refractivity contribution in [1.82, 2.24) is 5.32 Å². The summed E-state index contributed by atoms with van der Waals surface area (Å²) >= 11 is 1.87. The van der Waals surface area contributed by atoms with Gasteiger partial charge in [-0.05, 0) is 44.4 Å². The van der Waals surface area contributed by atoms with Crippen molar-refractivity contribution in [3.63, 3.8) is 0 Å². The Hall–Kier alpha value is 0.260. The first-order valence-corrected chi connectivity index (χ1v) is 8.74. The van der Waals surface area contributed by atoms with Gasteiger partial charge < -0.3 is 5.32 Å². The van der Waals surface area contributed by atoms with Crippen LogP contribution in [0.5, 0.6) is 0 Å². The molecule has 0 aliphatic carbocycles. The molecule has 0 fully saturated rings. The Morgan fingerprint density at radius 3 is 2.40 bits per heavy atom. The highest BCUT2D eigenvalue weighted by molar-refractivity contribution is 7.98. The van der Waals surface area contributed by atoms with Crippen molar-refractivity contribution in [2.45, 2.75) is 26.2 Å². The predicted molar refractivity (Wildman–Crippen MR) is 69.4 cm³/mol. The van der Waals surface area contributed by atoms with Gasteiger partial charge in [0.25, 0.3) is 0 Å². The van der Waals surface area contributed by atoms with Crippen LogP contribution < -0.4 is 5.32 Å². The van der Waals surface area contributed by atoms with Gasteiger partial charge in [0.05, 0.1) is 5.75 Å². The first kappa shape index (κ1) is 15.3. The van der Waals surface area contributed by atoms with Gasteiger partial charge in [0.2, 0.25) is 0 Å². The zero-order valence-corrected chi connectivity index (χ0v) is 11.4. The third-order valence-electron chi connectivity index (χ3n) is 2.20. The summed E-state index contributed by atoms with van der Waals surface area (Å²) < 4.78 is 22.3. The number of hydrogen-bond donors (Lipinski definition) is 1. The monoisotopic (exact) mass is 253 g/mol. The SMILES string of the molecule is CCS(=O)(=O)CCCNCCCCSC. The maximum absolute atomic E-state index is 11.1. The van der Waals surface area contributed by atoms with Crippen LogP contribution in [0.1, 0.15) is 26.2 Å². The van der Waals surface area contributed by atoms with Crippen LogP contribution in [0, 0.1) is 0 Å². The van der Waals surface area contributed by atoms with Crippen molar-refractivity contribution in [3.8, 4) is 0 Å². The topological polar surface area (TPSA) is 46.2 Å². The van der Waals surface area contributed by atoms with Crippen molar-refractivity contribution in [2.24, 2.45) is 0 Å². The first-order valence-electron chi connectivity index (χ1n) is 5.52. The van der Waals surface area contributed by atoms with Crippen LogP contribution in [-0.4, -0.2) is 45.0 Å². The zero-order valence-electron chi connectivity index (χ0n) is 9.79. The number of sulfone groups is 1. The predicted octanol–water partition coefficient (Wildman–Crippen LogP) is 1.54. The molecule has 0 saturated heterocycles. The summed E-state index contributed by atoms with van der Waals surface area (Å²) in [6.45, 7) is 3.52. The zero-order chi connectivity index (χ0) is 11.6. The molecule has 5 heteroatoms.